The second kappa shape index (κ2) is 10.9. The molecule has 1 aliphatic heterocycles. The highest BCUT2D eigenvalue weighted by atomic mass is 28.4. The number of hydrogen-bond acceptors (Lipinski definition) is 4. The molecule has 1 saturated heterocycles. The third-order valence-corrected chi connectivity index (χ3v) is 11.4. The van der Waals surface area contributed by atoms with Crippen LogP contribution in [0, 0.1) is 0 Å². The molecule has 1 fully saturated rings. The van der Waals surface area contributed by atoms with Crippen LogP contribution in [0.25, 0.3) is 0 Å². The monoisotopic (exact) mass is 497 g/mol. The van der Waals surface area contributed by atoms with Crippen LogP contribution in [0.15, 0.2) is 60.7 Å². The molecule has 0 bridgehead atoms. The van der Waals surface area contributed by atoms with Gasteiger partial charge in [-0.15, -0.1) is 0 Å². The Morgan fingerprint density at radius 1 is 0.943 bits per heavy atom. The Kier molecular flexibility index (Phi) is 8.51. The molecule has 1 aliphatic rings. The fourth-order valence-electron chi connectivity index (χ4n) is 5.04. The Morgan fingerprint density at radius 3 is 1.89 bits per heavy atom. The molecule has 1 heterocycles. The molecule has 6 heteroatoms. The maximum absolute atomic E-state index is 13.2. The molecule has 35 heavy (non-hydrogen) atoms. The fraction of sp³-hybridized carbons (Fsp3) is 0.552. The van der Waals surface area contributed by atoms with Crippen LogP contribution in [-0.2, 0) is 13.9 Å². The lowest BCUT2D eigenvalue weighted by atomic mass is 10.2. The fourth-order valence-corrected chi connectivity index (χ4v) is 9.64. The van der Waals surface area contributed by atoms with Crippen molar-refractivity contribution < 1.29 is 18.7 Å². The van der Waals surface area contributed by atoms with Crippen molar-refractivity contribution in [3.63, 3.8) is 0 Å². The van der Waals surface area contributed by atoms with Crippen molar-refractivity contribution in [1.82, 2.24) is 4.90 Å². The predicted octanol–water partition coefficient (Wildman–Crippen LogP) is 5.37. The zero-order valence-electron chi connectivity index (χ0n) is 22.7. The quantitative estimate of drug-likeness (QED) is 0.483. The van der Waals surface area contributed by atoms with Crippen LogP contribution in [0.1, 0.15) is 61.8 Å². The largest absolute Gasteiger partial charge is 0.444 e. The van der Waals surface area contributed by atoms with E-state index in [1.165, 1.54) is 10.4 Å². The van der Waals surface area contributed by atoms with Gasteiger partial charge < -0.3 is 18.8 Å². The molecule has 0 radical (unpaired) electrons. The smallest absolute Gasteiger partial charge is 0.410 e. The lowest BCUT2D eigenvalue weighted by Gasteiger charge is -2.44. The van der Waals surface area contributed by atoms with Crippen LogP contribution in [0.4, 0.5) is 4.79 Å². The van der Waals surface area contributed by atoms with Gasteiger partial charge in [0.1, 0.15) is 5.60 Å². The van der Waals surface area contributed by atoms with Crippen LogP contribution in [0.3, 0.4) is 0 Å². The number of likely N-dealkylation sites (tertiary alicyclic amines) is 1. The number of ether oxygens (including phenoxy) is 2. The maximum Gasteiger partial charge on any atom is 0.410 e. The first-order valence-corrected chi connectivity index (χ1v) is 14.6. The minimum absolute atomic E-state index is 0.0322. The van der Waals surface area contributed by atoms with Crippen LogP contribution >= 0.6 is 0 Å². The molecule has 0 spiro atoms. The molecule has 0 N–H and O–H groups in total. The summed E-state index contributed by atoms with van der Waals surface area (Å²) in [6, 6.07) is 21.1. The van der Waals surface area contributed by atoms with E-state index in [4.69, 9.17) is 13.9 Å². The van der Waals surface area contributed by atoms with Crippen molar-refractivity contribution in [2.75, 3.05) is 13.2 Å². The molecule has 0 saturated carbocycles. The van der Waals surface area contributed by atoms with Crippen molar-refractivity contribution in [2.45, 2.75) is 90.7 Å². The van der Waals surface area contributed by atoms with E-state index in [0.717, 1.165) is 6.42 Å². The molecule has 2 aromatic rings. The zero-order chi connectivity index (χ0) is 25.9. The molecule has 0 aromatic heterocycles. The van der Waals surface area contributed by atoms with Gasteiger partial charge in [-0.3, -0.25) is 0 Å². The summed E-state index contributed by atoms with van der Waals surface area (Å²) in [5.74, 6) is 0. The van der Waals surface area contributed by atoms with E-state index in [9.17, 15) is 4.79 Å². The van der Waals surface area contributed by atoms with Crippen LogP contribution in [-0.4, -0.2) is 56.3 Å². The van der Waals surface area contributed by atoms with E-state index >= 15 is 0 Å². The first kappa shape index (κ1) is 27.4. The van der Waals surface area contributed by atoms with E-state index < -0.39 is 13.9 Å². The van der Waals surface area contributed by atoms with Crippen molar-refractivity contribution in [3.05, 3.63) is 60.7 Å². The first-order chi connectivity index (χ1) is 16.3. The third kappa shape index (κ3) is 6.54. The molecular formula is C29H43NO4Si. The standard InChI is InChI=1S/C29H43NO4Si/c1-22(2)33-24-19-23(30(20-24)27(31)34-28(3,4)5)21-32-35(29(6,7)8,25-15-11-9-12-16-25)26-17-13-10-14-18-26/h9-18,22-24H,19-21H2,1-8H3. The van der Waals surface area contributed by atoms with Gasteiger partial charge in [-0.25, -0.2) is 4.79 Å². The topological polar surface area (TPSA) is 48.0 Å². The molecule has 2 aromatic carbocycles. The second-order valence-corrected chi connectivity index (χ2v) is 16.1. The Hall–Kier alpha value is -2.15. The Balaban J connectivity index is 1.97. The highest BCUT2D eigenvalue weighted by Crippen LogP contribution is 2.37. The summed E-state index contributed by atoms with van der Waals surface area (Å²) in [4.78, 5) is 15.0. The van der Waals surface area contributed by atoms with E-state index in [1.807, 2.05) is 51.7 Å². The van der Waals surface area contributed by atoms with Gasteiger partial charge >= 0.3 is 6.09 Å². The van der Waals surface area contributed by atoms with Crippen LogP contribution in [0.5, 0.6) is 0 Å². The van der Waals surface area contributed by atoms with Gasteiger partial charge in [0.25, 0.3) is 8.32 Å². The van der Waals surface area contributed by atoms with Crippen molar-refractivity contribution in [2.24, 2.45) is 0 Å². The molecule has 5 nitrogen and oxygen atoms in total. The van der Waals surface area contributed by atoms with Crippen molar-refractivity contribution in [3.8, 4) is 0 Å². The molecule has 2 unspecified atom stereocenters. The average molecular weight is 498 g/mol. The minimum Gasteiger partial charge on any atom is -0.444 e. The maximum atomic E-state index is 13.2. The summed E-state index contributed by atoms with van der Waals surface area (Å²) in [6.45, 7) is 17.5. The average Bonchev–Trinajstić information content (AvgIpc) is 3.16. The Labute approximate surface area is 212 Å². The van der Waals surface area contributed by atoms with Gasteiger partial charge in [0.2, 0.25) is 0 Å². The lowest BCUT2D eigenvalue weighted by Crippen LogP contribution is -2.67. The first-order valence-electron chi connectivity index (χ1n) is 12.7. The van der Waals surface area contributed by atoms with Crippen molar-refractivity contribution in [1.29, 1.82) is 0 Å². The molecule has 2 atom stereocenters. The van der Waals surface area contributed by atoms with E-state index in [2.05, 4.69) is 69.3 Å². The number of benzene rings is 2. The number of hydrogen-bond donors (Lipinski definition) is 0. The van der Waals surface area contributed by atoms with E-state index in [0.29, 0.717) is 13.2 Å². The summed E-state index contributed by atoms with van der Waals surface area (Å²) < 4.78 is 19.0. The van der Waals surface area contributed by atoms with E-state index in [-0.39, 0.29) is 29.4 Å². The van der Waals surface area contributed by atoms with Gasteiger partial charge in [-0.05, 0) is 56.5 Å². The molecule has 192 valence electrons. The van der Waals surface area contributed by atoms with Gasteiger partial charge in [-0.1, -0.05) is 81.4 Å². The highest BCUT2D eigenvalue weighted by Gasteiger charge is 2.51. The normalized spacial score (nSPS) is 19.3. The minimum atomic E-state index is -2.70. The lowest BCUT2D eigenvalue weighted by molar-refractivity contribution is 0.00279. The summed E-state index contributed by atoms with van der Waals surface area (Å²) in [5, 5.41) is 2.34. The van der Waals surface area contributed by atoms with Gasteiger partial charge in [0.05, 0.1) is 31.4 Å². The second-order valence-electron chi connectivity index (χ2n) is 11.8. The number of rotatable bonds is 7. The van der Waals surface area contributed by atoms with Crippen LogP contribution in [0.2, 0.25) is 5.04 Å². The predicted molar refractivity (Wildman–Crippen MR) is 145 cm³/mol. The van der Waals surface area contributed by atoms with Gasteiger partial charge in [-0.2, -0.15) is 0 Å². The number of nitrogens with zero attached hydrogens (tertiary/aromatic N) is 1. The zero-order valence-corrected chi connectivity index (χ0v) is 23.7. The van der Waals surface area contributed by atoms with Crippen LogP contribution < -0.4 is 10.4 Å². The SMILES string of the molecule is CC(C)OC1CC(CO[Si](c2ccccc2)(c2ccccc2)C(C)(C)C)N(C(=O)OC(C)(C)C)C1. The molecule has 1 amide bonds. The van der Waals surface area contributed by atoms with E-state index in [1.54, 1.807) is 0 Å². The number of carbonyl (C=O) groups excluding carboxylic acids is 1. The number of carbonyl (C=O) groups is 1. The number of amides is 1. The Bertz CT molecular complexity index is 911. The molecule has 0 aliphatic carbocycles. The summed E-state index contributed by atoms with van der Waals surface area (Å²) in [6.07, 6.45) is 0.492. The van der Waals surface area contributed by atoms with Gasteiger partial charge in [0, 0.05) is 0 Å². The molecule has 3 rings (SSSR count). The highest BCUT2D eigenvalue weighted by molar-refractivity contribution is 6.99. The Morgan fingerprint density at radius 2 is 1.46 bits per heavy atom. The molecular weight excluding hydrogens is 454 g/mol. The van der Waals surface area contributed by atoms with Crippen molar-refractivity contribution >= 4 is 24.8 Å². The summed E-state index contributed by atoms with van der Waals surface area (Å²) >= 11 is 0. The summed E-state index contributed by atoms with van der Waals surface area (Å²) in [5.41, 5.74) is -0.558. The van der Waals surface area contributed by atoms with Gasteiger partial charge in [0.15, 0.2) is 0 Å². The third-order valence-electron chi connectivity index (χ3n) is 6.38. The summed E-state index contributed by atoms with van der Waals surface area (Å²) in [7, 11) is -2.70.